The van der Waals surface area contributed by atoms with Gasteiger partial charge in [-0.2, -0.15) is 0 Å². The lowest BCUT2D eigenvalue weighted by Crippen LogP contribution is -2.52. The molecular weight excluding hydrogens is 480 g/mol. The molecule has 1 aliphatic carbocycles. The van der Waals surface area contributed by atoms with Crippen LogP contribution < -0.4 is 14.2 Å². The van der Waals surface area contributed by atoms with Crippen LogP contribution in [0.15, 0.2) is 103 Å². The number of hydrogen-bond donors (Lipinski definition) is 1. The van der Waals surface area contributed by atoms with Gasteiger partial charge in [0.15, 0.2) is 11.5 Å². The predicted octanol–water partition coefficient (Wildman–Crippen LogP) is 5.93. The summed E-state index contributed by atoms with van der Waals surface area (Å²) in [5.74, 6) is -1.93. The predicted molar refractivity (Wildman–Crippen MR) is 141 cm³/mol. The van der Waals surface area contributed by atoms with Crippen LogP contribution in [0.3, 0.4) is 0 Å². The molecule has 4 aromatic carbocycles. The van der Waals surface area contributed by atoms with E-state index in [4.69, 9.17) is 14.2 Å². The van der Waals surface area contributed by atoms with E-state index in [1.54, 1.807) is 6.07 Å². The second-order valence-corrected chi connectivity index (χ2v) is 9.57. The number of ether oxygens (including phenoxy) is 3. The molecule has 4 aromatic rings. The molecule has 38 heavy (non-hydrogen) atoms. The van der Waals surface area contributed by atoms with Crippen LogP contribution in [-0.2, 0) is 9.59 Å². The molecule has 6 rings (SSSR count). The average Bonchev–Trinajstić information content (AvgIpc) is 2.93. The van der Waals surface area contributed by atoms with E-state index in [1.165, 1.54) is 0 Å². The third-order valence-electron chi connectivity index (χ3n) is 7.40. The lowest BCUT2D eigenvalue weighted by molar-refractivity contribution is -0.158. The number of carbonyl (C=O) groups excluding carboxylic acids is 1. The Hall–Kier alpha value is -4.58. The number of aliphatic carboxylic acids is 1. The summed E-state index contributed by atoms with van der Waals surface area (Å²) in [5, 5.41) is 10.2. The first-order valence-electron chi connectivity index (χ1n) is 12.6. The first-order valence-corrected chi connectivity index (χ1v) is 12.6. The molecule has 0 spiro atoms. The third-order valence-corrected chi connectivity index (χ3v) is 7.40. The first-order chi connectivity index (χ1) is 18.6. The van der Waals surface area contributed by atoms with E-state index in [1.807, 2.05) is 97.1 Å². The van der Waals surface area contributed by atoms with Crippen LogP contribution in [0.5, 0.6) is 17.2 Å². The summed E-state index contributed by atoms with van der Waals surface area (Å²) in [5.41, 5.74) is 3.41. The molecule has 0 amide bonds. The number of rotatable bonds is 6. The first kappa shape index (κ1) is 23.8. The number of carboxylic acid groups (broad SMARTS) is 1. The van der Waals surface area contributed by atoms with Gasteiger partial charge < -0.3 is 19.3 Å². The van der Waals surface area contributed by atoms with Crippen LogP contribution >= 0.6 is 0 Å². The Morgan fingerprint density at radius 1 is 0.658 bits per heavy atom. The van der Waals surface area contributed by atoms with Crippen molar-refractivity contribution in [3.05, 3.63) is 114 Å². The summed E-state index contributed by atoms with van der Waals surface area (Å²) in [7, 11) is 0. The fourth-order valence-corrected chi connectivity index (χ4v) is 5.67. The van der Waals surface area contributed by atoms with Crippen LogP contribution in [0.1, 0.15) is 23.0 Å². The summed E-state index contributed by atoms with van der Waals surface area (Å²) < 4.78 is 17.3. The molecule has 1 heterocycles. The molecule has 2 aliphatic rings. The lowest BCUT2D eigenvalue weighted by atomic mass is 9.52. The molecular formula is C32H26O6. The number of hydrogen-bond acceptors (Lipinski definition) is 5. The Morgan fingerprint density at radius 3 is 1.89 bits per heavy atom. The molecule has 0 radical (unpaired) electrons. The van der Waals surface area contributed by atoms with Gasteiger partial charge in [-0.15, -0.1) is 0 Å². The van der Waals surface area contributed by atoms with Gasteiger partial charge in [0.05, 0.1) is 11.8 Å². The minimum Gasteiger partial charge on any atom is -0.486 e. The monoisotopic (exact) mass is 506 g/mol. The maximum Gasteiger partial charge on any atom is 0.315 e. The van der Waals surface area contributed by atoms with Gasteiger partial charge in [0.1, 0.15) is 19.0 Å². The molecule has 4 atom stereocenters. The average molecular weight is 507 g/mol. The van der Waals surface area contributed by atoms with Crippen LogP contribution in [0.25, 0.3) is 11.1 Å². The van der Waals surface area contributed by atoms with E-state index in [0.717, 1.165) is 22.3 Å². The van der Waals surface area contributed by atoms with E-state index in [-0.39, 0.29) is 0 Å². The number of benzene rings is 4. The zero-order valence-electron chi connectivity index (χ0n) is 20.5. The highest BCUT2D eigenvalue weighted by atomic mass is 16.6. The second-order valence-electron chi connectivity index (χ2n) is 9.57. The fraction of sp³-hybridized carbons (Fsp3) is 0.188. The van der Waals surface area contributed by atoms with Crippen molar-refractivity contribution in [3.63, 3.8) is 0 Å². The normalized spacial score (nSPS) is 21.7. The highest BCUT2D eigenvalue weighted by molar-refractivity contribution is 5.86. The van der Waals surface area contributed by atoms with E-state index in [2.05, 4.69) is 0 Å². The van der Waals surface area contributed by atoms with Gasteiger partial charge in [0.2, 0.25) is 0 Å². The third kappa shape index (κ3) is 4.39. The van der Waals surface area contributed by atoms with E-state index >= 15 is 0 Å². The lowest BCUT2D eigenvalue weighted by Gasteiger charge is -2.48. The van der Waals surface area contributed by atoms with Crippen molar-refractivity contribution in [2.75, 3.05) is 13.2 Å². The van der Waals surface area contributed by atoms with E-state index in [9.17, 15) is 14.7 Å². The van der Waals surface area contributed by atoms with Crippen molar-refractivity contribution in [1.29, 1.82) is 0 Å². The number of carboxylic acids is 1. The van der Waals surface area contributed by atoms with Gasteiger partial charge >= 0.3 is 11.9 Å². The molecule has 6 heteroatoms. The Balaban J connectivity index is 1.31. The summed E-state index contributed by atoms with van der Waals surface area (Å²) >= 11 is 0. The van der Waals surface area contributed by atoms with Gasteiger partial charge in [0.25, 0.3) is 0 Å². The van der Waals surface area contributed by atoms with Crippen molar-refractivity contribution in [2.24, 2.45) is 11.8 Å². The molecule has 1 saturated carbocycles. The maximum absolute atomic E-state index is 13.7. The zero-order valence-corrected chi connectivity index (χ0v) is 20.5. The van der Waals surface area contributed by atoms with Gasteiger partial charge in [0, 0.05) is 11.8 Å². The summed E-state index contributed by atoms with van der Waals surface area (Å²) in [6.07, 6.45) is 0. The van der Waals surface area contributed by atoms with Gasteiger partial charge in [-0.05, 0) is 46.5 Å². The summed E-state index contributed by atoms with van der Waals surface area (Å²) in [4.78, 5) is 26.1. The topological polar surface area (TPSA) is 82.1 Å². The Labute approximate surface area is 220 Å². The highest BCUT2D eigenvalue weighted by Crippen LogP contribution is 2.58. The summed E-state index contributed by atoms with van der Waals surface area (Å²) in [6, 6.07) is 31.8. The van der Waals surface area contributed by atoms with Crippen molar-refractivity contribution in [2.45, 2.75) is 11.8 Å². The molecule has 0 bridgehead atoms. The molecule has 1 fully saturated rings. The van der Waals surface area contributed by atoms with Gasteiger partial charge in [-0.1, -0.05) is 78.9 Å². The van der Waals surface area contributed by atoms with Crippen LogP contribution in [-0.4, -0.2) is 30.3 Å². The smallest absolute Gasteiger partial charge is 0.315 e. The molecule has 6 nitrogen and oxygen atoms in total. The minimum absolute atomic E-state index is 0.403. The Morgan fingerprint density at radius 2 is 1.26 bits per heavy atom. The van der Waals surface area contributed by atoms with Gasteiger partial charge in [-0.25, -0.2) is 0 Å². The van der Waals surface area contributed by atoms with Crippen LogP contribution in [0, 0.1) is 11.8 Å². The van der Waals surface area contributed by atoms with Crippen LogP contribution in [0.4, 0.5) is 0 Å². The van der Waals surface area contributed by atoms with Crippen molar-refractivity contribution < 1.29 is 28.9 Å². The second kappa shape index (κ2) is 10.1. The largest absolute Gasteiger partial charge is 0.486 e. The van der Waals surface area contributed by atoms with Crippen molar-refractivity contribution in [1.82, 2.24) is 0 Å². The van der Waals surface area contributed by atoms with Crippen molar-refractivity contribution >= 4 is 11.9 Å². The van der Waals surface area contributed by atoms with E-state index < -0.39 is 35.6 Å². The summed E-state index contributed by atoms with van der Waals surface area (Å²) in [6.45, 7) is 1.02. The Bertz CT molecular complexity index is 1420. The quantitative estimate of drug-likeness (QED) is 0.258. The molecule has 1 N–H and O–H groups in total. The molecule has 190 valence electrons. The van der Waals surface area contributed by atoms with Gasteiger partial charge in [-0.3, -0.25) is 9.59 Å². The highest BCUT2D eigenvalue weighted by Gasteiger charge is 2.59. The Kier molecular flexibility index (Phi) is 6.30. The van der Waals surface area contributed by atoms with Crippen molar-refractivity contribution in [3.8, 4) is 28.4 Å². The number of fused-ring (bicyclic) bond motifs is 1. The SMILES string of the molecule is O=C(O)[C@@H]1C(c2ccccc2)[C@H](C(=O)Oc2cccc(-c3ccc4c(c3)OCCO4)c2)[C@H]1c1ccccc1. The fourth-order valence-electron chi connectivity index (χ4n) is 5.67. The molecule has 1 aliphatic heterocycles. The molecule has 0 saturated heterocycles. The van der Waals surface area contributed by atoms with E-state index in [0.29, 0.717) is 30.5 Å². The minimum atomic E-state index is -0.919. The molecule has 1 unspecified atom stereocenters. The molecule has 0 aromatic heterocycles. The number of carbonyl (C=O) groups is 2. The maximum atomic E-state index is 13.7. The van der Waals surface area contributed by atoms with Crippen LogP contribution in [0.2, 0.25) is 0 Å². The zero-order chi connectivity index (χ0) is 26.1. The number of esters is 1. The standard InChI is InChI=1S/C32H26O6/c33-31(34)29-27(20-8-3-1-4-9-20)30(28(29)21-10-5-2-6-11-21)32(35)38-24-13-7-12-22(18-24)23-14-15-25-26(19-23)37-17-16-36-25/h1-15,18-19,27-30H,16-17H2,(H,33,34)/t27-,28?,29-,30+/m0/s1.